The molecule has 0 aliphatic heterocycles. The molecule has 0 unspecified atom stereocenters. The van der Waals surface area contributed by atoms with E-state index in [-0.39, 0.29) is 23.5 Å². The van der Waals surface area contributed by atoms with E-state index in [4.69, 9.17) is 4.74 Å². The highest BCUT2D eigenvalue weighted by Crippen LogP contribution is 2.29. The van der Waals surface area contributed by atoms with Gasteiger partial charge in [-0.3, -0.25) is 4.79 Å². The van der Waals surface area contributed by atoms with Gasteiger partial charge in [-0.25, -0.2) is 4.79 Å². The monoisotopic (exact) mass is 417 g/mol. The zero-order valence-corrected chi connectivity index (χ0v) is 18.9. The molecule has 1 aromatic heterocycles. The van der Waals surface area contributed by atoms with Crippen molar-refractivity contribution in [2.24, 2.45) is 0 Å². The van der Waals surface area contributed by atoms with Crippen LogP contribution in [0.15, 0.2) is 36.4 Å². The molecule has 1 heterocycles. The van der Waals surface area contributed by atoms with Gasteiger partial charge in [-0.2, -0.15) is 0 Å². The molecule has 1 aromatic carbocycles. The van der Waals surface area contributed by atoms with E-state index in [0.29, 0.717) is 11.3 Å². The van der Waals surface area contributed by atoms with Gasteiger partial charge >= 0.3 is 5.97 Å². The van der Waals surface area contributed by atoms with Gasteiger partial charge in [0.05, 0.1) is 4.88 Å². The number of aromatic hydroxyl groups is 1. The second-order valence-corrected chi connectivity index (χ2v) is 9.93. The molecule has 1 atom stereocenters. The molecule has 1 amide bonds. The van der Waals surface area contributed by atoms with Crippen molar-refractivity contribution in [2.45, 2.75) is 71.4 Å². The number of phenols is 1. The summed E-state index contributed by atoms with van der Waals surface area (Å²) in [7, 11) is 0. The van der Waals surface area contributed by atoms with Gasteiger partial charge in [0.15, 0.2) is 0 Å². The summed E-state index contributed by atoms with van der Waals surface area (Å²) in [5.41, 5.74) is 0.164. The fourth-order valence-electron chi connectivity index (χ4n) is 2.57. The summed E-state index contributed by atoms with van der Waals surface area (Å²) in [5, 5.41) is 12.3. The summed E-state index contributed by atoms with van der Waals surface area (Å²) in [6.07, 6.45) is 0.945. The summed E-state index contributed by atoms with van der Waals surface area (Å²) in [6, 6.07) is 9.50. The van der Waals surface area contributed by atoms with Crippen LogP contribution in [0.4, 0.5) is 0 Å². The molecule has 6 heteroatoms. The molecule has 29 heavy (non-hydrogen) atoms. The van der Waals surface area contributed by atoms with Crippen LogP contribution in [0.25, 0.3) is 0 Å². The van der Waals surface area contributed by atoms with Crippen molar-refractivity contribution in [1.82, 2.24) is 5.32 Å². The molecule has 0 bridgehead atoms. The topological polar surface area (TPSA) is 75.6 Å². The van der Waals surface area contributed by atoms with E-state index in [0.717, 1.165) is 10.4 Å². The Morgan fingerprint density at radius 3 is 2.21 bits per heavy atom. The van der Waals surface area contributed by atoms with E-state index in [9.17, 15) is 14.7 Å². The predicted molar refractivity (Wildman–Crippen MR) is 117 cm³/mol. The number of nitrogens with one attached hydrogen (secondary N) is 1. The van der Waals surface area contributed by atoms with Crippen LogP contribution in [-0.2, 0) is 21.4 Å². The van der Waals surface area contributed by atoms with E-state index in [1.54, 1.807) is 30.3 Å². The van der Waals surface area contributed by atoms with Crippen molar-refractivity contribution < 1.29 is 19.4 Å². The lowest BCUT2D eigenvalue weighted by atomic mass is 9.95. The van der Waals surface area contributed by atoms with E-state index in [1.165, 1.54) is 11.3 Å². The third-order valence-electron chi connectivity index (χ3n) is 4.76. The maximum absolute atomic E-state index is 12.8. The van der Waals surface area contributed by atoms with Gasteiger partial charge in [0, 0.05) is 11.3 Å². The highest BCUT2D eigenvalue weighted by Gasteiger charge is 2.29. The molecular formula is C23H31NO4S. The van der Waals surface area contributed by atoms with Crippen molar-refractivity contribution in [3.8, 4) is 5.75 Å². The number of ether oxygens (including phenoxy) is 1. The molecule has 0 aliphatic carbocycles. The lowest BCUT2D eigenvalue weighted by molar-refractivity contribution is -0.159. The molecule has 0 saturated carbocycles. The van der Waals surface area contributed by atoms with Gasteiger partial charge in [-0.15, -0.1) is 11.3 Å². The van der Waals surface area contributed by atoms with Crippen LogP contribution in [0.3, 0.4) is 0 Å². The van der Waals surface area contributed by atoms with Crippen LogP contribution < -0.4 is 5.32 Å². The first kappa shape index (κ1) is 22.9. The number of phenolic OH excluding ortho intramolecular Hbond substituents is 1. The Balaban J connectivity index is 2.21. The Labute approximate surface area is 177 Å². The maximum Gasteiger partial charge on any atom is 0.329 e. The van der Waals surface area contributed by atoms with E-state index >= 15 is 0 Å². The van der Waals surface area contributed by atoms with Crippen molar-refractivity contribution in [3.63, 3.8) is 0 Å². The van der Waals surface area contributed by atoms with Crippen molar-refractivity contribution >= 4 is 23.2 Å². The zero-order chi connectivity index (χ0) is 21.8. The van der Waals surface area contributed by atoms with E-state index in [1.807, 2.05) is 26.8 Å². The number of hydrogen-bond acceptors (Lipinski definition) is 5. The number of carbonyl (C=O) groups is 2. The summed E-state index contributed by atoms with van der Waals surface area (Å²) in [4.78, 5) is 27.3. The van der Waals surface area contributed by atoms with Crippen LogP contribution in [0.2, 0.25) is 0 Å². The van der Waals surface area contributed by atoms with Crippen LogP contribution in [0, 0.1) is 0 Å². The number of thiophene rings is 1. The molecule has 0 aliphatic rings. The molecule has 2 N–H and O–H groups in total. The predicted octanol–water partition coefficient (Wildman–Crippen LogP) is 4.82. The number of rotatable bonds is 7. The molecule has 2 rings (SSSR count). The van der Waals surface area contributed by atoms with Crippen LogP contribution >= 0.6 is 11.3 Å². The highest BCUT2D eigenvalue weighted by atomic mass is 32.1. The third-order valence-corrected chi connectivity index (χ3v) is 6.27. The quantitative estimate of drug-likeness (QED) is 0.633. The zero-order valence-electron chi connectivity index (χ0n) is 18.0. The fourth-order valence-corrected chi connectivity index (χ4v) is 3.54. The van der Waals surface area contributed by atoms with Gasteiger partial charge in [0.2, 0.25) is 0 Å². The van der Waals surface area contributed by atoms with Gasteiger partial charge in [-0.05, 0) is 55.5 Å². The minimum absolute atomic E-state index is 0.0429. The standard InChI is InChI=1S/C23H31NO4S/c1-7-23(5,6)28-21(27)17(14-15-8-10-16(25)11-9-15)24-20(26)18-12-13-19(29-18)22(2,3)4/h8-13,17,25H,7,14H2,1-6H3,(H,24,26)/t17-/m0/s1. The first-order valence-corrected chi connectivity index (χ1v) is 10.6. The summed E-state index contributed by atoms with van der Waals surface area (Å²) >= 11 is 1.43. The van der Waals surface area contributed by atoms with Gasteiger partial charge in [-0.1, -0.05) is 39.8 Å². The summed E-state index contributed by atoms with van der Waals surface area (Å²) in [6.45, 7) is 11.9. The molecule has 0 spiro atoms. The molecule has 158 valence electrons. The molecule has 0 saturated heterocycles. The Hall–Kier alpha value is -2.34. The van der Waals surface area contributed by atoms with Gasteiger partial charge in [0.1, 0.15) is 17.4 Å². The second-order valence-electron chi connectivity index (χ2n) is 8.84. The second kappa shape index (κ2) is 8.99. The van der Waals surface area contributed by atoms with Crippen LogP contribution in [0.1, 0.15) is 68.1 Å². The number of hydrogen-bond donors (Lipinski definition) is 2. The molecular weight excluding hydrogens is 386 g/mol. The van der Waals surface area contributed by atoms with Crippen molar-refractivity contribution in [3.05, 3.63) is 51.7 Å². The highest BCUT2D eigenvalue weighted by molar-refractivity contribution is 7.14. The van der Waals surface area contributed by atoms with E-state index < -0.39 is 17.6 Å². The number of amides is 1. The van der Waals surface area contributed by atoms with Crippen molar-refractivity contribution in [1.29, 1.82) is 0 Å². The Bertz CT molecular complexity index is 847. The fraction of sp³-hybridized carbons (Fsp3) is 0.478. The lowest BCUT2D eigenvalue weighted by Gasteiger charge is -2.27. The van der Waals surface area contributed by atoms with Crippen LogP contribution in [0.5, 0.6) is 5.75 Å². The van der Waals surface area contributed by atoms with Crippen molar-refractivity contribution in [2.75, 3.05) is 0 Å². The third kappa shape index (κ3) is 6.60. The number of esters is 1. The Morgan fingerprint density at radius 2 is 1.69 bits per heavy atom. The van der Waals surface area contributed by atoms with Gasteiger partial charge < -0.3 is 15.2 Å². The first-order chi connectivity index (χ1) is 13.4. The number of benzene rings is 1. The lowest BCUT2D eigenvalue weighted by Crippen LogP contribution is -2.45. The smallest absolute Gasteiger partial charge is 0.329 e. The molecule has 2 aromatic rings. The molecule has 0 radical (unpaired) electrons. The molecule has 0 fully saturated rings. The molecule has 5 nitrogen and oxygen atoms in total. The Kier molecular flexibility index (Phi) is 7.11. The normalized spacial score (nSPS) is 13.0. The van der Waals surface area contributed by atoms with Gasteiger partial charge in [0.25, 0.3) is 5.91 Å². The Morgan fingerprint density at radius 1 is 1.07 bits per heavy atom. The SMILES string of the molecule is CCC(C)(C)OC(=O)[C@H](Cc1ccc(O)cc1)NC(=O)c1ccc(C(C)(C)C)s1. The number of carbonyl (C=O) groups excluding carboxylic acids is 2. The summed E-state index contributed by atoms with van der Waals surface area (Å²) < 4.78 is 5.64. The van der Waals surface area contributed by atoms with E-state index in [2.05, 4.69) is 26.1 Å². The summed E-state index contributed by atoms with van der Waals surface area (Å²) in [5.74, 6) is -0.608. The minimum atomic E-state index is -0.821. The average molecular weight is 418 g/mol. The largest absolute Gasteiger partial charge is 0.508 e. The first-order valence-electron chi connectivity index (χ1n) is 9.83. The average Bonchev–Trinajstić information content (AvgIpc) is 3.13. The maximum atomic E-state index is 12.8. The minimum Gasteiger partial charge on any atom is -0.508 e. The van der Waals surface area contributed by atoms with Crippen LogP contribution in [-0.4, -0.2) is 28.6 Å².